The average molecular weight is 223 g/mol. The molecule has 1 aromatic rings. The molecule has 2 rings (SSSR count). The van der Waals surface area contributed by atoms with Gasteiger partial charge in [0.05, 0.1) is 23.7 Å². The van der Waals surface area contributed by atoms with Gasteiger partial charge in [0, 0.05) is 0 Å². The smallest absolute Gasteiger partial charge is 0.139 e. The third-order valence-electron chi connectivity index (χ3n) is 3.11. The summed E-state index contributed by atoms with van der Waals surface area (Å²) in [5.41, 5.74) is 8.97. The lowest BCUT2D eigenvalue weighted by Gasteiger charge is -2.06. The highest BCUT2D eigenvalue weighted by atomic mass is 16.5. The van der Waals surface area contributed by atoms with Gasteiger partial charge in [0.2, 0.25) is 0 Å². The van der Waals surface area contributed by atoms with Gasteiger partial charge in [-0.25, -0.2) is 4.68 Å². The maximum Gasteiger partial charge on any atom is 0.139 e. The minimum Gasteiger partial charge on any atom is -0.396 e. The first-order valence-electron chi connectivity index (χ1n) is 6.18. The molecule has 0 atom stereocenters. The Bertz CT molecular complexity index is 355. The zero-order chi connectivity index (χ0) is 11.5. The summed E-state index contributed by atoms with van der Waals surface area (Å²) in [5, 5.41) is 4.48. The van der Waals surface area contributed by atoms with Crippen molar-refractivity contribution >= 4 is 5.69 Å². The Hall–Kier alpha value is -1.03. The minimum absolute atomic E-state index is 0.546. The number of aryl methyl sites for hydroxylation is 1. The summed E-state index contributed by atoms with van der Waals surface area (Å²) in [7, 11) is 0. The van der Waals surface area contributed by atoms with Crippen LogP contribution in [-0.2, 0) is 24.3 Å². The first-order chi connectivity index (χ1) is 7.76. The number of ether oxygens (including phenoxy) is 1. The number of anilines is 1. The normalized spacial score (nSPS) is 15.6. The van der Waals surface area contributed by atoms with Crippen LogP contribution in [-0.4, -0.2) is 16.4 Å². The van der Waals surface area contributed by atoms with Crippen LogP contribution in [0.4, 0.5) is 5.69 Å². The van der Waals surface area contributed by atoms with E-state index in [1.54, 1.807) is 0 Å². The summed E-state index contributed by atoms with van der Waals surface area (Å²) in [5.74, 6) is 0.795. The maximum atomic E-state index is 6.03. The second-order valence-electron chi connectivity index (χ2n) is 4.46. The zero-order valence-corrected chi connectivity index (χ0v) is 10.2. The van der Waals surface area contributed by atoms with Crippen molar-refractivity contribution in [1.29, 1.82) is 0 Å². The quantitative estimate of drug-likeness (QED) is 0.802. The van der Waals surface area contributed by atoms with Crippen molar-refractivity contribution in [1.82, 2.24) is 9.78 Å². The molecule has 0 radical (unpaired) electrons. The van der Waals surface area contributed by atoms with Crippen LogP contribution < -0.4 is 5.73 Å². The van der Waals surface area contributed by atoms with E-state index < -0.39 is 0 Å². The summed E-state index contributed by atoms with van der Waals surface area (Å²) in [6.07, 6.45) is 4.43. The standard InChI is InChI=1S/C12H21N3O/c1-3-10-12(13)11(4-2)15(14-10)8-16-7-9-5-6-9/h9H,3-8,13H2,1-2H3. The van der Waals surface area contributed by atoms with E-state index in [1.165, 1.54) is 12.8 Å². The van der Waals surface area contributed by atoms with E-state index in [0.717, 1.165) is 42.4 Å². The molecule has 1 saturated carbocycles. The molecule has 0 saturated heterocycles. The van der Waals surface area contributed by atoms with E-state index in [9.17, 15) is 0 Å². The molecular weight excluding hydrogens is 202 g/mol. The number of hydrogen-bond acceptors (Lipinski definition) is 3. The van der Waals surface area contributed by atoms with E-state index in [0.29, 0.717) is 6.73 Å². The van der Waals surface area contributed by atoms with Gasteiger partial charge in [0.15, 0.2) is 0 Å². The molecule has 0 aliphatic heterocycles. The van der Waals surface area contributed by atoms with E-state index in [-0.39, 0.29) is 0 Å². The molecule has 1 aliphatic rings. The highest BCUT2D eigenvalue weighted by molar-refractivity contribution is 5.48. The molecule has 0 amide bonds. The van der Waals surface area contributed by atoms with Crippen LogP contribution in [0.5, 0.6) is 0 Å². The van der Waals surface area contributed by atoms with Crippen LogP contribution in [0, 0.1) is 5.92 Å². The van der Waals surface area contributed by atoms with Crippen LogP contribution in [0.2, 0.25) is 0 Å². The van der Waals surface area contributed by atoms with Gasteiger partial charge in [0.1, 0.15) is 6.73 Å². The van der Waals surface area contributed by atoms with E-state index in [4.69, 9.17) is 10.5 Å². The van der Waals surface area contributed by atoms with Crippen LogP contribution in [0.1, 0.15) is 38.1 Å². The van der Waals surface area contributed by atoms with Gasteiger partial charge in [0.25, 0.3) is 0 Å². The molecular formula is C12H21N3O. The summed E-state index contributed by atoms with van der Waals surface area (Å²) in [6.45, 7) is 5.59. The monoisotopic (exact) mass is 223 g/mol. The fraction of sp³-hybridized carbons (Fsp3) is 0.750. The Balaban J connectivity index is 1.99. The lowest BCUT2D eigenvalue weighted by Crippen LogP contribution is -2.09. The highest BCUT2D eigenvalue weighted by Gasteiger charge is 2.21. The molecule has 1 aromatic heterocycles. The second-order valence-corrected chi connectivity index (χ2v) is 4.46. The molecule has 0 unspecified atom stereocenters. The second kappa shape index (κ2) is 4.87. The van der Waals surface area contributed by atoms with Crippen LogP contribution in [0.15, 0.2) is 0 Å². The third-order valence-corrected chi connectivity index (χ3v) is 3.11. The Labute approximate surface area is 96.8 Å². The molecule has 0 aromatic carbocycles. The molecule has 1 aliphatic carbocycles. The molecule has 4 nitrogen and oxygen atoms in total. The van der Waals surface area contributed by atoms with E-state index >= 15 is 0 Å². The van der Waals surface area contributed by atoms with Crippen molar-refractivity contribution in [3.05, 3.63) is 11.4 Å². The fourth-order valence-electron chi connectivity index (χ4n) is 1.90. The number of nitrogen functional groups attached to an aromatic ring is 1. The summed E-state index contributed by atoms with van der Waals surface area (Å²) in [4.78, 5) is 0. The molecule has 4 heteroatoms. The fourth-order valence-corrected chi connectivity index (χ4v) is 1.90. The first kappa shape index (κ1) is 11.5. The van der Waals surface area contributed by atoms with Gasteiger partial charge < -0.3 is 10.5 Å². The topological polar surface area (TPSA) is 53.1 Å². The molecule has 0 bridgehead atoms. The van der Waals surface area contributed by atoms with Gasteiger partial charge >= 0.3 is 0 Å². The average Bonchev–Trinajstić information content (AvgIpc) is 3.04. The summed E-state index contributed by atoms with van der Waals surface area (Å²) >= 11 is 0. The largest absolute Gasteiger partial charge is 0.396 e. The SMILES string of the molecule is CCc1nn(COCC2CC2)c(CC)c1N. The summed E-state index contributed by atoms with van der Waals surface area (Å²) in [6, 6.07) is 0. The number of hydrogen-bond donors (Lipinski definition) is 1. The van der Waals surface area contributed by atoms with Crippen LogP contribution >= 0.6 is 0 Å². The molecule has 1 heterocycles. The van der Waals surface area contributed by atoms with Gasteiger partial charge in [-0.3, -0.25) is 0 Å². The minimum atomic E-state index is 0.546. The number of nitrogens with two attached hydrogens (primary N) is 1. The number of nitrogens with zero attached hydrogens (tertiary/aromatic N) is 2. The van der Waals surface area contributed by atoms with Crippen molar-refractivity contribution in [2.75, 3.05) is 12.3 Å². The molecule has 16 heavy (non-hydrogen) atoms. The molecule has 2 N–H and O–H groups in total. The Morgan fingerprint density at radius 2 is 2.12 bits per heavy atom. The van der Waals surface area contributed by atoms with Crippen molar-refractivity contribution in [2.24, 2.45) is 5.92 Å². The van der Waals surface area contributed by atoms with Gasteiger partial charge in [-0.15, -0.1) is 0 Å². The predicted octanol–water partition coefficient (Wildman–Crippen LogP) is 1.97. The Morgan fingerprint density at radius 1 is 1.38 bits per heavy atom. The highest BCUT2D eigenvalue weighted by Crippen LogP contribution is 2.29. The van der Waals surface area contributed by atoms with Gasteiger partial charge in [-0.05, 0) is 31.6 Å². The van der Waals surface area contributed by atoms with E-state index in [2.05, 4.69) is 18.9 Å². The third kappa shape index (κ3) is 2.38. The lowest BCUT2D eigenvalue weighted by atomic mass is 10.2. The van der Waals surface area contributed by atoms with Crippen molar-refractivity contribution in [3.63, 3.8) is 0 Å². The van der Waals surface area contributed by atoms with Gasteiger partial charge in [-0.1, -0.05) is 13.8 Å². The maximum absolute atomic E-state index is 6.03. The molecule has 0 spiro atoms. The number of rotatable bonds is 6. The molecule has 90 valence electrons. The Kier molecular flexibility index (Phi) is 3.49. The zero-order valence-electron chi connectivity index (χ0n) is 10.2. The lowest BCUT2D eigenvalue weighted by molar-refractivity contribution is 0.0593. The van der Waals surface area contributed by atoms with Crippen molar-refractivity contribution in [2.45, 2.75) is 46.3 Å². The van der Waals surface area contributed by atoms with Gasteiger partial charge in [-0.2, -0.15) is 5.10 Å². The summed E-state index contributed by atoms with van der Waals surface area (Å²) < 4.78 is 7.56. The van der Waals surface area contributed by atoms with Crippen LogP contribution in [0.3, 0.4) is 0 Å². The molecule has 1 fully saturated rings. The van der Waals surface area contributed by atoms with Crippen molar-refractivity contribution in [3.8, 4) is 0 Å². The Morgan fingerprint density at radius 3 is 2.69 bits per heavy atom. The van der Waals surface area contributed by atoms with E-state index in [1.807, 2.05) is 4.68 Å². The predicted molar refractivity (Wildman–Crippen MR) is 64.1 cm³/mol. The number of aromatic nitrogens is 2. The van der Waals surface area contributed by atoms with Crippen molar-refractivity contribution < 1.29 is 4.74 Å². The first-order valence-corrected chi connectivity index (χ1v) is 6.18. The van der Waals surface area contributed by atoms with Crippen LogP contribution in [0.25, 0.3) is 0 Å².